The summed E-state index contributed by atoms with van der Waals surface area (Å²) >= 11 is 9.96. The molecule has 0 aliphatic heterocycles. The molecule has 0 unspecified atom stereocenters. The molecule has 0 heterocycles. The number of carbonyl (C=O) groups is 1. The Balaban J connectivity index is 1.50. The van der Waals surface area contributed by atoms with Gasteiger partial charge in [-0.2, -0.15) is 5.26 Å². The van der Waals surface area contributed by atoms with Gasteiger partial charge >= 0.3 is 0 Å². The van der Waals surface area contributed by atoms with E-state index in [4.69, 9.17) is 16.3 Å². The van der Waals surface area contributed by atoms with Crippen LogP contribution in [0.2, 0.25) is 5.02 Å². The average molecular weight is 518 g/mol. The number of para-hydroxylation sites is 1. The topological polar surface area (TPSA) is 62.1 Å². The van der Waals surface area contributed by atoms with E-state index in [2.05, 4.69) is 45.5 Å². The number of nitriles is 1. The van der Waals surface area contributed by atoms with Crippen LogP contribution in [0.1, 0.15) is 11.1 Å². The number of benzene rings is 4. The molecule has 0 aliphatic carbocycles. The van der Waals surface area contributed by atoms with Crippen molar-refractivity contribution in [1.82, 2.24) is 0 Å². The van der Waals surface area contributed by atoms with Crippen molar-refractivity contribution < 1.29 is 9.53 Å². The summed E-state index contributed by atoms with van der Waals surface area (Å²) in [5.41, 5.74) is 2.20. The molecule has 1 amide bonds. The van der Waals surface area contributed by atoms with Crippen molar-refractivity contribution in [2.45, 2.75) is 6.61 Å². The molecule has 0 fully saturated rings. The molecule has 1 N–H and O–H groups in total. The maximum absolute atomic E-state index is 12.5. The number of hydrogen-bond donors (Lipinski definition) is 1. The highest BCUT2D eigenvalue weighted by atomic mass is 79.9. The summed E-state index contributed by atoms with van der Waals surface area (Å²) in [5.74, 6) is 0.00166. The molecule has 4 aromatic rings. The van der Waals surface area contributed by atoms with Gasteiger partial charge in [0.25, 0.3) is 5.91 Å². The molecule has 162 valence electrons. The lowest BCUT2D eigenvalue weighted by molar-refractivity contribution is -0.112. The fraction of sp³-hybridized carbons (Fsp3) is 0.0370. The second-order valence-corrected chi connectivity index (χ2v) is 8.54. The lowest BCUT2D eigenvalue weighted by Gasteiger charge is -2.12. The Morgan fingerprint density at radius 3 is 2.45 bits per heavy atom. The molecule has 4 nitrogen and oxygen atoms in total. The van der Waals surface area contributed by atoms with Crippen LogP contribution in [-0.4, -0.2) is 5.91 Å². The number of rotatable bonds is 6. The number of halogens is 2. The largest absolute Gasteiger partial charge is 0.486 e. The minimum atomic E-state index is -0.493. The molecule has 0 saturated carbocycles. The standard InChI is InChI=1S/C27H18BrClN2O2/c28-24-14-19(13-22(16-30)27(32)31-23-8-2-1-3-9-23)15-25(29)26(24)33-17-18-10-11-20-6-4-5-7-21(20)12-18/h1-15H,17H2,(H,31,32)/b22-13-. The SMILES string of the molecule is N#C/C(=C/c1cc(Cl)c(OCc2ccc3ccccc3c2)c(Br)c1)C(=O)Nc1ccccc1. The van der Waals surface area contributed by atoms with Gasteiger partial charge in [-0.25, -0.2) is 0 Å². The van der Waals surface area contributed by atoms with Crippen LogP contribution >= 0.6 is 27.5 Å². The molecule has 0 radical (unpaired) electrons. The average Bonchev–Trinajstić information content (AvgIpc) is 2.82. The van der Waals surface area contributed by atoms with Gasteiger partial charge in [0.1, 0.15) is 18.2 Å². The van der Waals surface area contributed by atoms with Gasteiger partial charge in [-0.05, 0) is 74.2 Å². The number of hydrogen-bond acceptors (Lipinski definition) is 3. The highest BCUT2D eigenvalue weighted by molar-refractivity contribution is 9.10. The first-order chi connectivity index (χ1) is 16.0. The fourth-order valence-corrected chi connectivity index (χ4v) is 4.31. The van der Waals surface area contributed by atoms with Crippen LogP contribution in [0, 0.1) is 11.3 Å². The number of carbonyl (C=O) groups excluding carboxylic acids is 1. The third kappa shape index (κ3) is 5.61. The van der Waals surface area contributed by atoms with Crippen LogP contribution in [0.4, 0.5) is 5.69 Å². The van der Waals surface area contributed by atoms with E-state index in [0.29, 0.717) is 33.1 Å². The number of amides is 1. The number of anilines is 1. The van der Waals surface area contributed by atoms with Gasteiger partial charge < -0.3 is 10.1 Å². The number of nitrogens with zero attached hydrogens (tertiary/aromatic N) is 1. The summed E-state index contributed by atoms with van der Waals surface area (Å²) in [6.07, 6.45) is 1.49. The van der Waals surface area contributed by atoms with Crippen molar-refractivity contribution in [1.29, 1.82) is 5.26 Å². The quantitative estimate of drug-likeness (QED) is 0.214. The van der Waals surface area contributed by atoms with Crippen molar-refractivity contribution >= 4 is 56.0 Å². The van der Waals surface area contributed by atoms with Crippen molar-refractivity contribution in [3.8, 4) is 11.8 Å². The smallest absolute Gasteiger partial charge is 0.266 e. The molecule has 0 saturated heterocycles. The van der Waals surface area contributed by atoms with Gasteiger partial charge in [0.2, 0.25) is 0 Å². The normalized spacial score (nSPS) is 11.1. The maximum atomic E-state index is 12.5. The highest BCUT2D eigenvalue weighted by Gasteiger charge is 2.13. The van der Waals surface area contributed by atoms with E-state index < -0.39 is 5.91 Å². The summed E-state index contributed by atoms with van der Waals surface area (Å²) in [6.45, 7) is 0.348. The Kier molecular flexibility index (Phi) is 7.09. The molecule has 4 aromatic carbocycles. The van der Waals surface area contributed by atoms with Gasteiger partial charge in [0, 0.05) is 5.69 Å². The number of ether oxygens (including phenoxy) is 1. The van der Waals surface area contributed by atoms with Crippen molar-refractivity contribution in [3.05, 3.63) is 111 Å². The van der Waals surface area contributed by atoms with Crippen LogP contribution < -0.4 is 10.1 Å². The first kappa shape index (κ1) is 22.6. The predicted molar refractivity (Wildman–Crippen MR) is 136 cm³/mol. The van der Waals surface area contributed by atoms with E-state index in [1.807, 2.05) is 30.3 Å². The lowest BCUT2D eigenvalue weighted by Crippen LogP contribution is -2.13. The molecule has 4 rings (SSSR count). The monoisotopic (exact) mass is 516 g/mol. The zero-order valence-corrected chi connectivity index (χ0v) is 19.7. The zero-order valence-electron chi connectivity index (χ0n) is 17.4. The van der Waals surface area contributed by atoms with Crippen LogP contribution in [0.25, 0.3) is 16.8 Å². The van der Waals surface area contributed by atoms with E-state index in [-0.39, 0.29) is 5.57 Å². The molecule has 0 aromatic heterocycles. The Bertz CT molecular complexity index is 1370. The molecular weight excluding hydrogens is 500 g/mol. The summed E-state index contributed by atoms with van der Waals surface area (Å²) < 4.78 is 6.60. The van der Waals surface area contributed by atoms with Crippen LogP contribution in [-0.2, 0) is 11.4 Å². The summed E-state index contributed by atoms with van der Waals surface area (Å²) in [7, 11) is 0. The first-order valence-electron chi connectivity index (χ1n) is 10.1. The van der Waals surface area contributed by atoms with Crippen molar-refractivity contribution in [3.63, 3.8) is 0 Å². The number of fused-ring (bicyclic) bond motifs is 1. The number of nitrogens with one attached hydrogen (secondary N) is 1. The van der Waals surface area contributed by atoms with Crippen LogP contribution in [0.15, 0.2) is 95.0 Å². The molecule has 0 spiro atoms. The Morgan fingerprint density at radius 1 is 1.00 bits per heavy atom. The highest BCUT2D eigenvalue weighted by Crippen LogP contribution is 2.36. The maximum Gasteiger partial charge on any atom is 0.266 e. The van der Waals surface area contributed by atoms with Crippen LogP contribution in [0.5, 0.6) is 5.75 Å². The summed E-state index contributed by atoms with van der Waals surface area (Å²) in [5, 5.41) is 14.9. The van der Waals surface area contributed by atoms with Gasteiger partial charge in [0.15, 0.2) is 5.75 Å². The van der Waals surface area contributed by atoms with Gasteiger partial charge in [-0.15, -0.1) is 0 Å². The molecule has 0 atom stereocenters. The molecule has 0 bridgehead atoms. The minimum Gasteiger partial charge on any atom is -0.486 e. The van der Waals surface area contributed by atoms with Crippen molar-refractivity contribution in [2.24, 2.45) is 0 Å². The predicted octanol–water partition coefficient (Wildman–Crippen LogP) is 7.38. The first-order valence-corrected chi connectivity index (χ1v) is 11.3. The third-order valence-corrected chi connectivity index (χ3v) is 5.80. The summed E-state index contributed by atoms with van der Waals surface area (Å²) in [4.78, 5) is 12.5. The minimum absolute atomic E-state index is 0.0355. The van der Waals surface area contributed by atoms with Gasteiger partial charge in [-0.3, -0.25) is 4.79 Å². The van der Waals surface area contributed by atoms with Gasteiger partial charge in [-0.1, -0.05) is 66.2 Å². The van der Waals surface area contributed by atoms with E-state index in [1.54, 1.807) is 36.4 Å². The third-order valence-electron chi connectivity index (χ3n) is 4.93. The van der Waals surface area contributed by atoms with Crippen LogP contribution in [0.3, 0.4) is 0 Å². The van der Waals surface area contributed by atoms with E-state index >= 15 is 0 Å². The van der Waals surface area contributed by atoms with E-state index in [1.165, 1.54) is 11.5 Å². The molecule has 0 aliphatic rings. The van der Waals surface area contributed by atoms with E-state index in [0.717, 1.165) is 10.9 Å². The van der Waals surface area contributed by atoms with E-state index in [9.17, 15) is 10.1 Å². The Morgan fingerprint density at radius 2 is 1.73 bits per heavy atom. The second-order valence-electron chi connectivity index (χ2n) is 7.27. The Labute approximate surface area is 205 Å². The van der Waals surface area contributed by atoms with Gasteiger partial charge in [0.05, 0.1) is 9.50 Å². The van der Waals surface area contributed by atoms with Crippen molar-refractivity contribution in [2.75, 3.05) is 5.32 Å². The molecular formula is C27H18BrClN2O2. The lowest BCUT2D eigenvalue weighted by atomic mass is 10.1. The fourth-order valence-electron chi connectivity index (χ4n) is 3.32. The molecule has 6 heteroatoms. The second kappa shape index (κ2) is 10.4. The Hall–Kier alpha value is -3.59. The zero-order chi connectivity index (χ0) is 23.2. The molecule has 33 heavy (non-hydrogen) atoms. The summed E-state index contributed by atoms with van der Waals surface area (Å²) in [6, 6.07) is 28.6.